The molecule has 0 heterocycles. The van der Waals surface area contributed by atoms with E-state index in [1.807, 2.05) is 0 Å². The second-order valence-corrected chi connectivity index (χ2v) is 2.03. The van der Waals surface area contributed by atoms with E-state index in [0.717, 1.165) is 6.08 Å². The Kier molecular flexibility index (Phi) is 8.13. The zero-order valence-electron chi connectivity index (χ0n) is 6.20. The number of hydrogen-bond donors (Lipinski definition) is 2. The van der Waals surface area contributed by atoms with Gasteiger partial charge in [0.1, 0.15) is 0 Å². The van der Waals surface area contributed by atoms with E-state index in [1.54, 1.807) is 6.92 Å². The highest BCUT2D eigenvalue weighted by Gasteiger charge is 1.87. The summed E-state index contributed by atoms with van der Waals surface area (Å²) in [5.74, 6) is -0.981. The molecule has 0 rings (SSSR count). The molecular weight excluding hydrogens is 164 g/mol. The van der Waals surface area contributed by atoms with Crippen molar-refractivity contribution in [3.05, 3.63) is 24.8 Å². The third kappa shape index (κ3) is 17.6. The van der Waals surface area contributed by atoms with Crippen LogP contribution in [0.4, 0.5) is 0 Å². The molecule has 0 aliphatic rings. The fraction of sp³-hybridized carbons (Fsp3) is 0.143. The fourth-order valence-electron chi connectivity index (χ4n) is 0. The normalized spacial score (nSPS) is 7.09. The summed E-state index contributed by atoms with van der Waals surface area (Å²) in [5.41, 5.74) is 0.485. The van der Waals surface area contributed by atoms with Gasteiger partial charge in [-0.1, -0.05) is 13.2 Å². The van der Waals surface area contributed by atoms with Crippen molar-refractivity contribution in [2.75, 3.05) is 0 Å². The summed E-state index contributed by atoms with van der Waals surface area (Å²) < 4.78 is 0. The van der Waals surface area contributed by atoms with Crippen LogP contribution in [0, 0.1) is 0 Å². The van der Waals surface area contributed by atoms with Gasteiger partial charge in [-0.15, -0.1) is 12.6 Å². The molecule has 3 nitrogen and oxygen atoms in total. The van der Waals surface area contributed by atoms with Crippen molar-refractivity contribution in [2.45, 2.75) is 6.92 Å². The summed E-state index contributed by atoms with van der Waals surface area (Å²) in [6.45, 7) is 7.91. The maximum absolute atomic E-state index is 9.91. The van der Waals surface area contributed by atoms with Gasteiger partial charge in [0.25, 0.3) is 0 Å². The average Bonchev–Trinajstić information content (AvgIpc) is 1.89. The van der Waals surface area contributed by atoms with Crippen LogP contribution < -0.4 is 0 Å². The van der Waals surface area contributed by atoms with E-state index in [-0.39, 0.29) is 5.12 Å². The van der Waals surface area contributed by atoms with Crippen LogP contribution in [0.1, 0.15) is 6.92 Å². The lowest BCUT2D eigenvalue weighted by atomic mass is 10.4. The minimum Gasteiger partial charge on any atom is -0.478 e. The van der Waals surface area contributed by atoms with E-state index in [0.29, 0.717) is 5.57 Å². The molecule has 11 heavy (non-hydrogen) atoms. The number of aliphatic carboxylic acids is 1. The highest BCUT2D eigenvalue weighted by Crippen LogP contribution is 1.90. The number of carboxylic acid groups (broad SMARTS) is 1. The quantitative estimate of drug-likeness (QED) is 0.489. The van der Waals surface area contributed by atoms with Gasteiger partial charge in [-0.25, -0.2) is 4.79 Å². The Labute approximate surface area is 70.8 Å². The van der Waals surface area contributed by atoms with Crippen LogP contribution >= 0.6 is 12.6 Å². The summed E-state index contributed by atoms with van der Waals surface area (Å²) in [5, 5.41) is 7.36. The molecule has 0 radical (unpaired) electrons. The molecule has 0 amide bonds. The van der Waals surface area contributed by atoms with Gasteiger partial charge >= 0.3 is 5.97 Å². The minimum atomic E-state index is -0.981. The second-order valence-electron chi connectivity index (χ2n) is 1.63. The fourth-order valence-corrected chi connectivity index (χ4v) is 0. The monoisotopic (exact) mass is 174 g/mol. The Balaban J connectivity index is 0. The molecule has 0 spiro atoms. The lowest BCUT2D eigenvalue weighted by Gasteiger charge is -1.79. The summed E-state index contributed by atoms with van der Waals surface area (Å²) in [4.78, 5) is 19.2. The van der Waals surface area contributed by atoms with Crippen LogP contribution in [0.3, 0.4) is 0 Å². The average molecular weight is 174 g/mol. The molecule has 0 bridgehead atoms. The molecule has 0 aromatic rings. The summed E-state index contributed by atoms with van der Waals surface area (Å²) in [6.07, 6.45) is 0.833. The Bertz CT molecular complexity index is 172. The van der Waals surface area contributed by atoms with Gasteiger partial charge in [0.15, 0.2) is 0 Å². The van der Waals surface area contributed by atoms with E-state index in [2.05, 4.69) is 25.8 Å². The van der Waals surface area contributed by atoms with Crippen molar-refractivity contribution in [3.8, 4) is 0 Å². The number of carbonyl (C=O) groups is 2. The van der Waals surface area contributed by atoms with Crippen LogP contribution in [0.5, 0.6) is 0 Å². The maximum Gasteiger partial charge on any atom is 0.327 e. The highest BCUT2D eigenvalue weighted by atomic mass is 32.1. The molecule has 0 aliphatic heterocycles. The van der Waals surface area contributed by atoms with Crippen LogP contribution in [0.25, 0.3) is 0 Å². The minimum absolute atomic E-state index is 0.241. The first-order chi connectivity index (χ1) is 4.91. The summed E-state index contributed by atoms with van der Waals surface area (Å²) in [7, 11) is 0. The van der Waals surface area contributed by atoms with E-state index in [4.69, 9.17) is 5.11 Å². The molecule has 0 saturated carbocycles. The molecule has 62 valence electrons. The number of carbonyl (C=O) groups excluding carboxylic acids is 1. The molecule has 0 aromatic carbocycles. The molecule has 0 fully saturated rings. The van der Waals surface area contributed by atoms with E-state index < -0.39 is 5.97 Å². The van der Waals surface area contributed by atoms with Crippen molar-refractivity contribution < 1.29 is 14.7 Å². The molecule has 0 aromatic heterocycles. The van der Waals surface area contributed by atoms with Crippen LogP contribution in [-0.4, -0.2) is 16.2 Å². The highest BCUT2D eigenvalue weighted by molar-refractivity contribution is 7.97. The SMILES string of the molecule is C=C(C)C(=O)S.C=CC(=O)O. The number of thiol groups is 1. The lowest BCUT2D eigenvalue weighted by Crippen LogP contribution is -1.82. The number of rotatable bonds is 2. The van der Waals surface area contributed by atoms with E-state index in [1.165, 1.54) is 0 Å². The topological polar surface area (TPSA) is 54.4 Å². The standard InChI is InChI=1S/C4H6OS.C3H4O2/c1-3(2)4(5)6;1-2-3(4)5/h1H2,2H3,(H,5,6);2H,1H2,(H,4,5). The van der Waals surface area contributed by atoms with Gasteiger partial charge in [-0.05, 0) is 12.5 Å². The molecule has 0 unspecified atom stereocenters. The van der Waals surface area contributed by atoms with Crippen molar-refractivity contribution in [2.24, 2.45) is 0 Å². The third-order valence-electron chi connectivity index (χ3n) is 0.540. The van der Waals surface area contributed by atoms with Crippen molar-refractivity contribution in [1.82, 2.24) is 0 Å². The van der Waals surface area contributed by atoms with Crippen molar-refractivity contribution in [3.63, 3.8) is 0 Å². The Morgan fingerprint density at radius 3 is 1.73 bits per heavy atom. The smallest absolute Gasteiger partial charge is 0.327 e. The first kappa shape index (κ1) is 12.6. The first-order valence-corrected chi connectivity index (χ1v) is 3.10. The zero-order chi connectivity index (χ0) is 9.44. The van der Waals surface area contributed by atoms with Gasteiger partial charge in [-0.2, -0.15) is 0 Å². The van der Waals surface area contributed by atoms with Crippen LogP contribution in [-0.2, 0) is 9.59 Å². The molecule has 0 atom stereocenters. The predicted molar refractivity (Wildman–Crippen MR) is 46.6 cm³/mol. The molecule has 0 saturated heterocycles. The third-order valence-corrected chi connectivity index (χ3v) is 0.921. The maximum atomic E-state index is 9.91. The van der Waals surface area contributed by atoms with Gasteiger partial charge in [0.05, 0.1) is 0 Å². The Hall–Kier alpha value is -1.03. The second kappa shape index (κ2) is 7.08. The molecule has 0 aliphatic carbocycles. The van der Waals surface area contributed by atoms with Gasteiger partial charge < -0.3 is 5.11 Å². The van der Waals surface area contributed by atoms with Crippen LogP contribution in [0.15, 0.2) is 24.8 Å². The zero-order valence-corrected chi connectivity index (χ0v) is 7.10. The Morgan fingerprint density at radius 2 is 1.73 bits per heavy atom. The van der Waals surface area contributed by atoms with E-state index >= 15 is 0 Å². The van der Waals surface area contributed by atoms with Crippen LogP contribution in [0.2, 0.25) is 0 Å². The summed E-state index contributed by atoms with van der Waals surface area (Å²) in [6, 6.07) is 0. The number of carboxylic acids is 1. The van der Waals surface area contributed by atoms with Gasteiger partial charge in [-0.3, -0.25) is 4.79 Å². The number of hydrogen-bond acceptors (Lipinski definition) is 2. The largest absolute Gasteiger partial charge is 0.478 e. The lowest BCUT2D eigenvalue weighted by molar-refractivity contribution is -0.131. The van der Waals surface area contributed by atoms with Crippen molar-refractivity contribution >= 4 is 23.7 Å². The van der Waals surface area contributed by atoms with E-state index in [9.17, 15) is 9.59 Å². The Morgan fingerprint density at radius 1 is 1.55 bits per heavy atom. The molecular formula is C7H10O3S. The van der Waals surface area contributed by atoms with Gasteiger partial charge in [0.2, 0.25) is 5.12 Å². The molecule has 4 heteroatoms. The first-order valence-electron chi connectivity index (χ1n) is 2.66. The predicted octanol–water partition coefficient (Wildman–Crippen LogP) is 1.28. The van der Waals surface area contributed by atoms with Crippen molar-refractivity contribution in [1.29, 1.82) is 0 Å². The van der Waals surface area contributed by atoms with Gasteiger partial charge in [0, 0.05) is 6.08 Å². The summed E-state index contributed by atoms with van der Waals surface area (Å²) >= 11 is 3.45. The molecule has 1 N–H and O–H groups in total.